The van der Waals surface area contributed by atoms with E-state index in [2.05, 4.69) is 19.1 Å². The highest BCUT2D eigenvalue weighted by Crippen LogP contribution is 2.22. The van der Waals surface area contributed by atoms with E-state index in [0.717, 1.165) is 32.1 Å². The summed E-state index contributed by atoms with van der Waals surface area (Å²) in [7, 11) is 0. The van der Waals surface area contributed by atoms with Gasteiger partial charge in [-0.2, -0.15) is 0 Å². The number of rotatable bonds is 17. The summed E-state index contributed by atoms with van der Waals surface area (Å²) >= 11 is 0. The molecule has 0 spiro atoms. The minimum atomic E-state index is -1.55. The Morgan fingerprint density at radius 1 is 0.806 bits per heavy atom. The van der Waals surface area contributed by atoms with Gasteiger partial charge in [-0.1, -0.05) is 70.4 Å². The van der Waals surface area contributed by atoms with E-state index in [1.54, 1.807) is 0 Å². The molecule has 1 rings (SSSR count). The molecule has 7 heteroatoms. The van der Waals surface area contributed by atoms with Crippen LogP contribution in [0.4, 0.5) is 0 Å². The molecule has 0 aromatic carbocycles. The van der Waals surface area contributed by atoms with Crippen LogP contribution in [-0.4, -0.2) is 63.7 Å². The molecule has 4 N–H and O–H groups in total. The molecule has 7 nitrogen and oxygen atoms in total. The number of hydrogen-bond donors (Lipinski definition) is 4. The summed E-state index contributed by atoms with van der Waals surface area (Å²) in [5.74, 6) is -0.526. The van der Waals surface area contributed by atoms with Crippen LogP contribution in [0.25, 0.3) is 0 Å². The molecular formula is C24H44O7. The molecule has 0 radical (unpaired) electrons. The first-order valence-electron chi connectivity index (χ1n) is 12.2. The molecule has 0 unspecified atom stereocenters. The first kappa shape index (κ1) is 28.0. The third-order valence-electron chi connectivity index (χ3n) is 5.74. The number of ether oxygens (including phenoxy) is 2. The van der Waals surface area contributed by atoms with Gasteiger partial charge in [0.15, 0.2) is 0 Å². The Morgan fingerprint density at radius 2 is 1.35 bits per heavy atom. The van der Waals surface area contributed by atoms with Crippen molar-refractivity contribution in [3.8, 4) is 0 Å². The van der Waals surface area contributed by atoms with Gasteiger partial charge in [0, 0.05) is 6.42 Å². The average Bonchev–Trinajstić information content (AvgIpc) is 2.76. The predicted molar refractivity (Wildman–Crippen MR) is 119 cm³/mol. The Balaban J connectivity index is 1.99. The van der Waals surface area contributed by atoms with E-state index in [0.29, 0.717) is 6.42 Å². The summed E-state index contributed by atoms with van der Waals surface area (Å²) in [6.45, 7) is 1.69. The summed E-state index contributed by atoms with van der Waals surface area (Å²) < 4.78 is 10.2. The largest absolute Gasteiger partial charge is 0.433 e. The van der Waals surface area contributed by atoms with Gasteiger partial charge in [0.1, 0.15) is 24.4 Å². The molecule has 0 aromatic rings. The summed E-state index contributed by atoms with van der Waals surface area (Å²) in [5.41, 5.74) is 0. The Hall–Kier alpha value is -0.990. The fourth-order valence-electron chi connectivity index (χ4n) is 3.69. The lowest BCUT2D eigenvalue weighted by Gasteiger charge is -2.39. The maximum absolute atomic E-state index is 11.9. The lowest BCUT2D eigenvalue weighted by atomic mass is 9.99. The lowest BCUT2D eigenvalue weighted by molar-refractivity contribution is -0.292. The number of esters is 1. The number of carbonyl (C=O) groups excluding carboxylic acids is 1. The van der Waals surface area contributed by atoms with Crippen molar-refractivity contribution >= 4 is 5.97 Å². The van der Waals surface area contributed by atoms with Crippen molar-refractivity contribution in [2.45, 2.75) is 128 Å². The zero-order valence-corrected chi connectivity index (χ0v) is 19.2. The van der Waals surface area contributed by atoms with Gasteiger partial charge in [0.25, 0.3) is 0 Å². The van der Waals surface area contributed by atoms with Gasteiger partial charge in [0.05, 0.1) is 6.61 Å². The van der Waals surface area contributed by atoms with Crippen molar-refractivity contribution in [3.05, 3.63) is 12.2 Å². The van der Waals surface area contributed by atoms with E-state index >= 15 is 0 Å². The zero-order chi connectivity index (χ0) is 22.9. The Kier molecular flexibility index (Phi) is 15.9. The molecule has 1 aliphatic heterocycles. The molecule has 0 aliphatic carbocycles. The molecular weight excluding hydrogens is 400 g/mol. The zero-order valence-electron chi connectivity index (χ0n) is 19.2. The predicted octanol–water partition coefficient (Wildman–Crippen LogP) is 3.37. The first-order valence-corrected chi connectivity index (χ1v) is 12.2. The first-order chi connectivity index (χ1) is 15.0. The Labute approximate surface area is 187 Å². The number of unbranched alkanes of at least 4 members (excludes halogenated alkanes) is 11. The molecule has 1 saturated heterocycles. The average molecular weight is 445 g/mol. The molecule has 5 atom stereocenters. The summed E-state index contributed by atoms with van der Waals surface area (Å²) in [4.78, 5) is 11.9. The number of carbonyl (C=O) groups is 1. The van der Waals surface area contributed by atoms with E-state index in [4.69, 9.17) is 14.6 Å². The fraction of sp³-hybridized carbons (Fsp3) is 0.875. The van der Waals surface area contributed by atoms with Crippen molar-refractivity contribution in [1.29, 1.82) is 0 Å². The van der Waals surface area contributed by atoms with E-state index < -0.39 is 43.3 Å². The van der Waals surface area contributed by atoms with Gasteiger partial charge in [-0.25, -0.2) is 0 Å². The second-order valence-electron chi connectivity index (χ2n) is 8.52. The third kappa shape index (κ3) is 12.0. The van der Waals surface area contributed by atoms with Gasteiger partial charge >= 0.3 is 5.97 Å². The molecule has 182 valence electrons. The Morgan fingerprint density at radius 3 is 1.94 bits per heavy atom. The van der Waals surface area contributed by atoms with Crippen molar-refractivity contribution < 1.29 is 34.7 Å². The van der Waals surface area contributed by atoms with E-state index in [9.17, 15) is 20.1 Å². The van der Waals surface area contributed by atoms with Gasteiger partial charge in [-0.3, -0.25) is 4.79 Å². The minimum absolute atomic E-state index is 0.202. The van der Waals surface area contributed by atoms with Gasteiger partial charge in [-0.05, 0) is 32.1 Å². The number of aliphatic hydroxyl groups excluding tert-OH is 4. The van der Waals surface area contributed by atoms with Crippen molar-refractivity contribution in [2.24, 2.45) is 0 Å². The quantitative estimate of drug-likeness (QED) is 0.154. The van der Waals surface area contributed by atoms with Crippen LogP contribution in [0.3, 0.4) is 0 Å². The molecule has 1 fully saturated rings. The molecule has 1 heterocycles. The van der Waals surface area contributed by atoms with Crippen LogP contribution in [0.15, 0.2) is 12.2 Å². The van der Waals surface area contributed by atoms with E-state index in [1.165, 1.54) is 44.9 Å². The van der Waals surface area contributed by atoms with Crippen LogP contribution in [0, 0.1) is 0 Å². The topological polar surface area (TPSA) is 116 Å². The summed E-state index contributed by atoms with van der Waals surface area (Å²) in [5, 5.41) is 38.5. The van der Waals surface area contributed by atoms with Crippen molar-refractivity contribution in [3.63, 3.8) is 0 Å². The molecule has 31 heavy (non-hydrogen) atoms. The Bertz CT molecular complexity index is 481. The van der Waals surface area contributed by atoms with E-state index in [-0.39, 0.29) is 6.42 Å². The molecule has 0 aromatic heterocycles. The second kappa shape index (κ2) is 17.6. The number of allylic oxidation sites excluding steroid dienone is 2. The fourth-order valence-corrected chi connectivity index (χ4v) is 3.69. The highest BCUT2D eigenvalue weighted by molar-refractivity contribution is 5.69. The van der Waals surface area contributed by atoms with Crippen LogP contribution in [0.2, 0.25) is 0 Å². The monoisotopic (exact) mass is 444 g/mol. The van der Waals surface area contributed by atoms with Crippen LogP contribution in [0.5, 0.6) is 0 Å². The summed E-state index contributed by atoms with van der Waals surface area (Å²) in [6, 6.07) is 0. The normalized spacial score (nSPS) is 26.4. The third-order valence-corrected chi connectivity index (χ3v) is 5.74. The SMILES string of the molecule is CCCCCCCCC=CCCCCCCCC(=O)O[C@H]1O[C@H](CO)[C@@H](O)[C@H](O)[C@@H]1O. The van der Waals surface area contributed by atoms with E-state index in [1.807, 2.05) is 0 Å². The maximum Gasteiger partial charge on any atom is 0.308 e. The maximum atomic E-state index is 11.9. The smallest absolute Gasteiger partial charge is 0.308 e. The minimum Gasteiger partial charge on any atom is -0.433 e. The highest BCUT2D eigenvalue weighted by Gasteiger charge is 2.45. The molecule has 1 aliphatic rings. The van der Waals surface area contributed by atoms with Crippen molar-refractivity contribution in [1.82, 2.24) is 0 Å². The lowest BCUT2D eigenvalue weighted by Crippen LogP contribution is -2.59. The summed E-state index contributed by atoms with van der Waals surface area (Å²) in [6.07, 6.45) is 13.0. The van der Waals surface area contributed by atoms with Gasteiger partial charge < -0.3 is 29.9 Å². The second-order valence-corrected chi connectivity index (χ2v) is 8.52. The van der Waals surface area contributed by atoms with Crippen LogP contribution in [-0.2, 0) is 14.3 Å². The van der Waals surface area contributed by atoms with Crippen LogP contribution >= 0.6 is 0 Å². The van der Waals surface area contributed by atoms with Gasteiger partial charge in [0.2, 0.25) is 6.29 Å². The number of hydrogen-bond acceptors (Lipinski definition) is 7. The van der Waals surface area contributed by atoms with Crippen molar-refractivity contribution in [2.75, 3.05) is 6.61 Å². The van der Waals surface area contributed by atoms with Crippen LogP contribution in [0.1, 0.15) is 96.8 Å². The number of aliphatic hydroxyl groups is 4. The van der Waals surface area contributed by atoms with Gasteiger partial charge in [-0.15, -0.1) is 0 Å². The molecule has 0 saturated carbocycles. The standard InChI is InChI=1S/C24H44O7/c1-2-3-4-5-6-7-8-9-10-11-12-13-14-15-16-17-20(26)31-24-23(29)22(28)21(27)19(18-25)30-24/h9-10,19,21-25,27-29H,2-8,11-18H2,1H3/t19-,21-,22+,23+,24-/m1/s1. The van der Waals surface area contributed by atoms with Crippen LogP contribution < -0.4 is 0 Å². The molecule has 0 amide bonds. The molecule has 0 bridgehead atoms. The highest BCUT2D eigenvalue weighted by atomic mass is 16.7.